The molecule has 0 saturated heterocycles. The molecular formula is C14H17N3O2. The number of para-hydroxylation sites is 1. The van der Waals surface area contributed by atoms with E-state index in [1.165, 1.54) is 5.69 Å². The highest BCUT2D eigenvalue weighted by Gasteiger charge is 2.16. The average Bonchev–Trinajstić information content (AvgIpc) is 2.97. The van der Waals surface area contributed by atoms with E-state index in [4.69, 9.17) is 9.47 Å². The van der Waals surface area contributed by atoms with Gasteiger partial charge in [-0.25, -0.2) is 0 Å². The minimum atomic E-state index is 0.313. The van der Waals surface area contributed by atoms with Gasteiger partial charge in [-0.3, -0.25) is 4.68 Å². The number of hydrogen-bond donors (Lipinski definition) is 1. The lowest BCUT2D eigenvalue weighted by molar-refractivity contribution is 0.173. The zero-order chi connectivity index (χ0) is 13.2. The monoisotopic (exact) mass is 259 g/mol. The number of nitrogens with one attached hydrogen (secondary N) is 1. The van der Waals surface area contributed by atoms with Crippen LogP contribution in [0.15, 0.2) is 24.3 Å². The molecule has 3 rings (SSSR count). The van der Waals surface area contributed by atoms with Crippen LogP contribution >= 0.6 is 0 Å². The molecule has 0 unspecified atom stereocenters. The summed E-state index contributed by atoms with van der Waals surface area (Å²) in [5.74, 6) is 1.69. The van der Waals surface area contributed by atoms with Crippen LogP contribution in [0.3, 0.4) is 0 Å². The van der Waals surface area contributed by atoms with Crippen LogP contribution in [-0.4, -0.2) is 16.6 Å². The maximum Gasteiger partial charge on any atom is 0.231 e. The van der Waals surface area contributed by atoms with E-state index in [1.54, 1.807) is 0 Å². The van der Waals surface area contributed by atoms with Crippen LogP contribution in [-0.2, 0) is 20.1 Å². The molecule has 0 fully saturated rings. The number of rotatable bonds is 4. The third-order valence-electron chi connectivity index (χ3n) is 3.20. The molecule has 0 aliphatic carbocycles. The van der Waals surface area contributed by atoms with E-state index in [1.807, 2.05) is 30.8 Å². The number of fused-ring (bicyclic) bond motifs is 1. The van der Waals surface area contributed by atoms with Gasteiger partial charge in [0.05, 0.1) is 11.4 Å². The lowest BCUT2D eigenvalue weighted by Gasteiger charge is -2.07. The molecule has 1 N–H and O–H groups in total. The Morgan fingerprint density at radius 3 is 3.00 bits per heavy atom. The fourth-order valence-corrected chi connectivity index (χ4v) is 2.28. The lowest BCUT2D eigenvalue weighted by atomic mass is 10.2. The largest absolute Gasteiger partial charge is 0.454 e. The number of benzene rings is 1. The first-order valence-electron chi connectivity index (χ1n) is 6.32. The number of ether oxygens (including phenoxy) is 2. The van der Waals surface area contributed by atoms with Crippen molar-refractivity contribution in [3.05, 3.63) is 41.2 Å². The number of aryl methyl sites for hydroxylation is 2. The minimum Gasteiger partial charge on any atom is -0.454 e. The topological polar surface area (TPSA) is 48.3 Å². The maximum absolute atomic E-state index is 5.48. The summed E-state index contributed by atoms with van der Waals surface area (Å²) in [5, 5.41) is 7.73. The molecule has 1 aromatic carbocycles. The van der Waals surface area contributed by atoms with Crippen LogP contribution < -0.4 is 14.8 Å². The molecule has 0 amide bonds. The van der Waals surface area contributed by atoms with E-state index in [-0.39, 0.29) is 0 Å². The Hall–Kier alpha value is -2.01. The van der Waals surface area contributed by atoms with E-state index in [9.17, 15) is 0 Å². The zero-order valence-electron chi connectivity index (χ0n) is 11.1. The molecule has 0 saturated carbocycles. The summed E-state index contributed by atoms with van der Waals surface area (Å²) in [5.41, 5.74) is 3.33. The summed E-state index contributed by atoms with van der Waals surface area (Å²) in [4.78, 5) is 0. The van der Waals surface area contributed by atoms with Gasteiger partial charge in [-0.2, -0.15) is 5.10 Å². The Bertz CT molecular complexity index is 592. The third kappa shape index (κ3) is 2.42. The smallest absolute Gasteiger partial charge is 0.231 e. The number of hydrogen-bond acceptors (Lipinski definition) is 4. The van der Waals surface area contributed by atoms with Gasteiger partial charge in [0.15, 0.2) is 11.5 Å². The molecule has 0 spiro atoms. The Labute approximate surface area is 112 Å². The van der Waals surface area contributed by atoms with Crippen molar-refractivity contribution in [1.82, 2.24) is 15.1 Å². The second-order valence-corrected chi connectivity index (χ2v) is 4.66. The zero-order valence-corrected chi connectivity index (χ0v) is 11.1. The SMILES string of the molecule is Cc1cc(CNCc2cccc3c2OCO3)n(C)n1. The molecule has 1 aromatic heterocycles. The maximum atomic E-state index is 5.48. The van der Waals surface area contributed by atoms with E-state index in [0.717, 1.165) is 35.8 Å². The van der Waals surface area contributed by atoms with E-state index < -0.39 is 0 Å². The highest BCUT2D eigenvalue weighted by molar-refractivity contribution is 5.48. The summed E-state index contributed by atoms with van der Waals surface area (Å²) in [7, 11) is 1.96. The van der Waals surface area contributed by atoms with Crippen LogP contribution in [0.2, 0.25) is 0 Å². The number of nitrogens with zero attached hydrogens (tertiary/aromatic N) is 2. The summed E-state index contributed by atoms with van der Waals surface area (Å²) >= 11 is 0. The molecular weight excluding hydrogens is 242 g/mol. The highest BCUT2D eigenvalue weighted by atomic mass is 16.7. The lowest BCUT2D eigenvalue weighted by Crippen LogP contribution is -2.15. The summed E-state index contributed by atoms with van der Waals surface area (Å²) in [6, 6.07) is 8.05. The second kappa shape index (κ2) is 4.93. The fraction of sp³-hybridized carbons (Fsp3) is 0.357. The van der Waals surface area contributed by atoms with Crippen LogP contribution in [0.5, 0.6) is 11.5 Å². The standard InChI is InChI=1S/C14H17N3O2/c1-10-6-12(17(2)16-10)8-15-7-11-4-3-5-13-14(11)19-9-18-13/h3-6,15H,7-9H2,1-2H3. The van der Waals surface area contributed by atoms with Crippen molar-refractivity contribution in [2.24, 2.45) is 7.05 Å². The summed E-state index contributed by atoms with van der Waals surface area (Å²) < 4.78 is 12.7. The van der Waals surface area contributed by atoms with Crippen molar-refractivity contribution in [3.63, 3.8) is 0 Å². The molecule has 100 valence electrons. The average molecular weight is 259 g/mol. The van der Waals surface area contributed by atoms with Gasteiger partial charge in [-0.1, -0.05) is 12.1 Å². The first kappa shape index (κ1) is 12.0. The van der Waals surface area contributed by atoms with E-state index >= 15 is 0 Å². The second-order valence-electron chi connectivity index (χ2n) is 4.66. The predicted octanol–water partition coefficient (Wildman–Crippen LogP) is 1.75. The molecule has 5 nitrogen and oxygen atoms in total. The summed E-state index contributed by atoms with van der Waals surface area (Å²) in [6.45, 7) is 3.84. The van der Waals surface area contributed by atoms with Gasteiger partial charge in [0, 0.05) is 25.7 Å². The van der Waals surface area contributed by atoms with Crippen molar-refractivity contribution in [1.29, 1.82) is 0 Å². The Kier molecular flexibility index (Phi) is 3.13. The van der Waals surface area contributed by atoms with Gasteiger partial charge in [0.1, 0.15) is 0 Å². The van der Waals surface area contributed by atoms with Crippen molar-refractivity contribution in [2.75, 3.05) is 6.79 Å². The molecule has 2 heterocycles. The molecule has 0 radical (unpaired) electrons. The van der Waals surface area contributed by atoms with Gasteiger partial charge in [0.2, 0.25) is 6.79 Å². The molecule has 0 bridgehead atoms. The quantitative estimate of drug-likeness (QED) is 0.908. The predicted molar refractivity (Wildman–Crippen MR) is 71.1 cm³/mol. The third-order valence-corrected chi connectivity index (χ3v) is 3.20. The fourth-order valence-electron chi connectivity index (χ4n) is 2.28. The van der Waals surface area contributed by atoms with E-state index in [2.05, 4.69) is 22.5 Å². The molecule has 2 aromatic rings. The van der Waals surface area contributed by atoms with Crippen LogP contribution in [0.25, 0.3) is 0 Å². The van der Waals surface area contributed by atoms with Crippen molar-refractivity contribution >= 4 is 0 Å². The van der Waals surface area contributed by atoms with Crippen molar-refractivity contribution in [3.8, 4) is 11.5 Å². The van der Waals surface area contributed by atoms with Gasteiger partial charge >= 0.3 is 0 Å². The molecule has 1 aliphatic rings. The molecule has 5 heteroatoms. The molecule has 1 aliphatic heterocycles. The van der Waals surface area contributed by atoms with Crippen LogP contribution in [0, 0.1) is 6.92 Å². The van der Waals surface area contributed by atoms with E-state index in [0.29, 0.717) is 6.79 Å². The Morgan fingerprint density at radius 1 is 1.32 bits per heavy atom. The number of aromatic nitrogens is 2. The van der Waals surface area contributed by atoms with Crippen molar-refractivity contribution < 1.29 is 9.47 Å². The van der Waals surface area contributed by atoms with Crippen molar-refractivity contribution in [2.45, 2.75) is 20.0 Å². The van der Waals surface area contributed by atoms with Gasteiger partial charge in [-0.05, 0) is 19.1 Å². The van der Waals surface area contributed by atoms with Crippen LogP contribution in [0.1, 0.15) is 17.0 Å². The molecule has 19 heavy (non-hydrogen) atoms. The van der Waals surface area contributed by atoms with Gasteiger partial charge in [0.25, 0.3) is 0 Å². The molecule has 0 atom stereocenters. The highest BCUT2D eigenvalue weighted by Crippen LogP contribution is 2.35. The van der Waals surface area contributed by atoms with Gasteiger partial charge in [-0.15, -0.1) is 0 Å². The van der Waals surface area contributed by atoms with Gasteiger partial charge < -0.3 is 14.8 Å². The minimum absolute atomic E-state index is 0.313. The Morgan fingerprint density at radius 2 is 2.21 bits per heavy atom. The normalized spacial score (nSPS) is 12.9. The first-order chi connectivity index (χ1) is 9.24. The summed E-state index contributed by atoms with van der Waals surface area (Å²) in [6.07, 6.45) is 0. The Balaban J connectivity index is 1.64. The first-order valence-corrected chi connectivity index (χ1v) is 6.32. The van der Waals surface area contributed by atoms with Crippen LogP contribution in [0.4, 0.5) is 0 Å².